The first-order chi connectivity index (χ1) is 10.2. The summed E-state index contributed by atoms with van der Waals surface area (Å²) in [5.74, 6) is -0.141. The van der Waals surface area contributed by atoms with Crippen molar-refractivity contribution in [2.45, 2.75) is 19.3 Å². The summed E-state index contributed by atoms with van der Waals surface area (Å²) in [7, 11) is 0. The molecule has 1 aliphatic rings. The van der Waals surface area contributed by atoms with Crippen molar-refractivity contribution >= 4 is 11.8 Å². The van der Waals surface area contributed by atoms with Crippen LogP contribution in [0.25, 0.3) is 11.4 Å². The van der Waals surface area contributed by atoms with Gasteiger partial charge in [0.25, 0.3) is 0 Å². The van der Waals surface area contributed by atoms with Crippen LogP contribution in [0.15, 0.2) is 42.7 Å². The topological polar surface area (TPSA) is 63.2 Å². The third-order valence-electron chi connectivity index (χ3n) is 3.53. The lowest BCUT2D eigenvalue weighted by Gasteiger charge is -2.13. The van der Waals surface area contributed by atoms with Crippen LogP contribution < -0.4 is 0 Å². The molecular formula is C16H15N3O2. The van der Waals surface area contributed by atoms with Gasteiger partial charge in [-0.05, 0) is 36.2 Å². The number of hydrogen-bond acceptors (Lipinski definition) is 4. The molecule has 0 radical (unpaired) electrons. The van der Waals surface area contributed by atoms with E-state index < -0.39 is 0 Å². The van der Waals surface area contributed by atoms with E-state index in [0.717, 1.165) is 17.0 Å². The zero-order chi connectivity index (χ0) is 14.7. The number of aromatic nitrogens is 2. The first-order valence-electron chi connectivity index (χ1n) is 6.93. The molecule has 0 aliphatic carbocycles. The van der Waals surface area contributed by atoms with Gasteiger partial charge in [-0.1, -0.05) is 6.07 Å². The van der Waals surface area contributed by atoms with Crippen LogP contribution >= 0.6 is 0 Å². The Morgan fingerprint density at radius 2 is 1.71 bits per heavy atom. The van der Waals surface area contributed by atoms with E-state index in [0.29, 0.717) is 25.8 Å². The van der Waals surface area contributed by atoms with E-state index in [1.54, 1.807) is 12.4 Å². The highest BCUT2D eigenvalue weighted by Crippen LogP contribution is 2.17. The van der Waals surface area contributed by atoms with Gasteiger partial charge in [-0.25, -0.2) is 0 Å². The molecule has 0 aromatic carbocycles. The number of rotatable bonds is 4. The fourth-order valence-corrected chi connectivity index (χ4v) is 2.40. The number of likely N-dealkylation sites (tertiary alicyclic amines) is 1. The van der Waals surface area contributed by atoms with E-state index in [4.69, 9.17) is 0 Å². The van der Waals surface area contributed by atoms with Crippen LogP contribution in [0, 0.1) is 0 Å². The van der Waals surface area contributed by atoms with Crippen molar-refractivity contribution in [3.05, 3.63) is 48.3 Å². The van der Waals surface area contributed by atoms with E-state index in [1.807, 2.05) is 30.3 Å². The van der Waals surface area contributed by atoms with Crippen LogP contribution in [-0.2, 0) is 16.0 Å². The standard InChI is InChI=1S/C16H15N3O2/c20-15-4-5-16(21)19(15)10-7-12-6-9-18-14(11-12)13-3-1-2-8-17-13/h1-3,6,8-9,11H,4-5,7,10H2. The fourth-order valence-electron chi connectivity index (χ4n) is 2.40. The lowest BCUT2D eigenvalue weighted by Crippen LogP contribution is -2.31. The third-order valence-corrected chi connectivity index (χ3v) is 3.53. The number of nitrogens with zero attached hydrogens (tertiary/aromatic N) is 3. The number of carbonyl (C=O) groups excluding carboxylic acids is 2. The fraction of sp³-hybridized carbons (Fsp3) is 0.250. The second-order valence-electron chi connectivity index (χ2n) is 4.95. The first kappa shape index (κ1) is 13.4. The monoisotopic (exact) mass is 281 g/mol. The molecule has 0 bridgehead atoms. The Balaban J connectivity index is 1.72. The first-order valence-corrected chi connectivity index (χ1v) is 6.93. The Kier molecular flexibility index (Phi) is 3.73. The summed E-state index contributed by atoms with van der Waals surface area (Å²) in [5, 5.41) is 0. The molecule has 0 spiro atoms. The van der Waals surface area contributed by atoms with Crippen molar-refractivity contribution in [2.24, 2.45) is 0 Å². The zero-order valence-electron chi connectivity index (χ0n) is 11.5. The number of imide groups is 1. The Labute approximate surface area is 122 Å². The molecule has 2 aromatic rings. The van der Waals surface area contributed by atoms with E-state index in [1.165, 1.54) is 4.90 Å². The third kappa shape index (κ3) is 2.97. The number of hydrogen-bond donors (Lipinski definition) is 0. The van der Waals surface area contributed by atoms with Crippen LogP contribution in [0.2, 0.25) is 0 Å². The molecule has 3 rings (SSSR count). The summed E-state index contributed by atoms with van der Waals surface area (Å²) in [6.07, 6.45) is 4.78. The molecule has 0 saturated carbocycles. The molecule has 3 heterocycles. The Morgan fingerprint density at radius 3 is 2.43 bits per heavy atom. The average Bonchev–Trinajstić information content (AvgIpc) is 2.85. The van der Waals surface area contributed by atoms with Crippen LogP contribution in [-0.4, -0.2) is 33.2 Å². The predicted molar refractivity (Wildman–Crippen MR) is 77.1 cm³/mol. The van der Waals surface area contributed by atoms with Gasteiger partial charge < -0.3 is 0 Å². The molecule has 0 N–H and O–H groups in total. The summed E-state index contributed by atoms with van der Waals surface area (Å²) in [6.45, 7) is 0.434. The van der Waals surface area contributed by atoms with Gasteiger partial charge in [-0.2, -0.15) is 0 Å². The largest absolute Gasteiger partial charge is 0.282 e. The van der Waals surface area contributed by atoms with Crippen molar-refractivity contribution in [2.75, 3.05) is 6.54 Å². The van der Waals surface area contributed by atoms with E-state index in [-0.39, 0.29) is 11.8 Å². The maximum Gasteiger partial charge on any atom is 0.229 e. The lowest BCUT2D eigenvalue weighted by atomic mass is 10.1. The molecule has 5 heteroatoms. The highest BCUT2D eigenvalue weighted by atomic mass is 16.2. The molecular weight excluding hydrogens is 266 g/mol. The van der Waals surface area contributed by atoms with E-state index in [9.17, 15) is 9.59 Å². The smallest absolute Gasteiger partial charge is 0.229 e. The second-order valence-corrected chi connectivity index (χ2v) is 4.95. The SMILES string of the molecule is O=C1CCC(=O)N1CCc1ccnc(-c2ccccn2)c1. The van der Waals surface area contributed by atoms with Crippen molar-refractivity contribution in [3.63, 3.8) is 0 Å². The maximum atomic E-state index is 11.6. The van der Waals surface area contributed by atoms with Gasteiger partial charge in [-0.3, -0.25) is 24.5 Å². The summed E-state index contributed by atoms with van der Waals surface area (Å²) in [6, 6.07) is 9.53. The molecule has 106 valence electrons. The maximum absolute atomic E-state index is 11.6. The van der Waals surface area contributed by atoms with Crippen LogP contribution in [0.1, 0.15) is 18.4 Å². The number of pyridine rings is 2. The molecule has 0 unspecified atom stereocenters. The van der Waals surface area contributed by atoms with Gasteiger partial charge >= 0.3 is 0 Å². The molecule has 0 atom stereocenters. The van der Waals surface area contributed by atoms with Gasteiger partial charge in [0.15, 0.2) is 0 Å². The van der Waals surface area contributed by atoms with Crippen molar-refractivity contribution in [1.29, 1.82) is 0 Å². The van der Waals surface area contributed by atoms with Gasteiger partial charge in [0.2, 0.25) is 11.8 Å². The van der Waals surface area contributed by atoms with Gasteiger partial charge in [0, 0.05) is 31.8 Å². The van der Waals surface area contributed by atoms with Gasteiger partial charge in [0.1, 0.15) is 0 Å². The Morgan fingerprint density at radius 1 is 0.952 bits per heavy atom. The highest BCUT2D eigenvalue weighted by molar-refractivity contribution is 6.01. The van der Waals surface area contributed by atoms with Crippen LogP contribution in [0.4, 0.5) is 0 Å². The Hall–Kier alpha value is -2.56. The molecule has 1 fully saturated rings. The van der Waals surface area contributed by atoms with Crippen LogP contribution in [0.5, 0.6) is 0 Å². The minimum Gasteiger partial charge on any atom is -0.282 e. The van der Waals surface area contributed by atoms with Crippen molar-refractivity contribution in [1.82, 2.24) is 14.9 Å². The minimum absolute atomic E-state index is 0.0704. The van der Waals surface area contributed by atoms with Gasteiger partial charge in [-0.15, -0.1) is 0 Å². The summed E-state index contributed by atoms with van der Waals surface area (Å²) in [4.78, 5) is 33.1. The van der Waals surface area contributed by atoms with Crippen molar-refractivity contribution < 1.29 is 9.59 Å². The molecule has 5 nitrogen and oxygen atoms in total. The normalized spacial score (nSPS) is 14.8. The molecule has 21 heavy (non-hydrogen) atoms. The summed E-state index contributed by atoms with van der Waals surface area (Å²) >= 11 is 0. The minimum atomic E-state index is -0.0704. The van der Waals surface area contributed by atoms with Crippen molar-refractivity contribution in [3.8, 4) is 11.4 Å². The quantitative estimate of drug-likeness (QED) is 0.802. The molecule has 2 amide bonds. The van der Waals surface area contributed by atoms with E-state index in [2.05, 4.69) is 9.97 Å². The van der Waals surface area contributed by atoms with Gasteiger partial charge in [0.05, 0.1) is 11.4 Å². The molecule has 2 aromatic heterocycles. The van der Waals surface area contributed by atoms with Crippen LogP contribution in [0.3, 0.4) is 0 Å². The van der Waals surface area contributed by atoms with E-state index >= 15 is 0 Å². The lowest BCUT2D eigenvalue weighted by molar-refractivity contribution is -0.138. The number of carbonyl (C=O) groups is 2. The predicted octanol–water partition coefficient (Wildman–Crippen LogP) is 1.84. The average molecular weight is 281 g/mol. The summed E-state index contributed by atoms with van der Waals surface area (Å²) in [5.41, 5.74) is 2.65. The Bertz CT molecular complexity index is 654. The zero-order valence-corrected chi connectivity index (χ0v) is 11.5. The molecule has 1 aliphatic heterocycles. The summed E-state index contributed by atoms with van der Waals surface area (Å²) < 4.78 is 0. The molecule has 1 saturated heterocycles. The number of amides is 2. The highest BCUT2D eigenvalue weighted by Gasteiger charge is 2.28. The second kappa shape index (κ2) is 5.83.